The Morgan fingerprint density at radius 2 is 1.84 bits per heavy atom. The first-order chi connectivity index (χ1) is 8.84. The van der Waals surface area contributed by atoms with Crippen molar-refractivity contribution >= 4 is 33.1 Å². The molecule has 0 amide bonds. The number of rotatable bonds is 3. The molecule has 100 valence electrons. The second kappa shape index (κ2) is 4.70. The van der Waals surface area contributed by atoms with E-state index in [9.17, 15) is 14.4 Å². The smallest absolute Gasteiger partial charge is 0.263 e. The Hall–Kier alpha value is -1.82. The third-order valence-corrected chi connectivity index (χ3v) is 4.28. The van der Waals surface area contributed by atoms with Crippen molar-refractivity contribution in [3.63, 3.8) is 0 Å². The van der Waals surface area contributed by atoms with E-state index in [2.05, 4.69) is 4.98 Å². The van der Waals surface area contributed by atoms with Crippen LogP contribution < -0.4 is 5.56 Å². The fraction of sp³-hybridized carbons (Fsp3) is 0.385. The number of thiophene rings is 1. The molecule has 2 rings (SSSR count). The molecule has 0 radical (unpaired) electrons. The lowest BCUT2D eigenvalue weighted by Crippen LogP contribution is -2.33. The monoisotopic (exact) mass is 278 g/mol. The number of hydrogen-bond acceptors (Lipinski definition) is 5. The zero-order valence-electron chi connectivity index (χ0n) is 11.2. The standard InChI is InChI=1S/C13H14N2O3S/c1-6-9(4)19-12-10(6)13(18)15(5-14-12)11(7(2)16)8(3)17/h5,11H,1-4H3. The number of fused-ring (bicyclic) bond motifs is 1. The number of ketones is 2. The van der Waals surface area contributed by atoms with Gasteiger partial charge in [0.15, 0.2) is 17.6 Å². The van der Waals surface area contributed by atoms with Crippen LogP contribution in [0.15, 0.2) is 11.1 Å². The van der Waals surface area contributed by atoms with Crippen LogP contribution in [0.5, 0.6) is 0 Å². The number of nitrogens with zero attached hydrogens (tertiary/aromatic N) is 2. The fourth-order valence-electron chi connectivity index (χ4n) is 2.11. The van der Waals surface area contributed by atoms with E-state index >= 15 is 0 Å². The number of aromatic nitrogens is 2. The molecule has 0 saturated heterocycles. The molecule has 6 heteroatoms. The summed E-state index contributed by atoms with van der Waals surface area (Å²) >= 11 is 1.44. The highest BCUT2D eigenvalue weighted by atomic mass is 32.1. The maximum Gasteiger partial charge on any atom is 0.263 e. The van der Waals surface area contributed by atoms with Crippen LogP contribution in [-0.4, -0.2) is 21.1 Å². The molecule has 0 saturated carbocycles. The molecule has 0 aliphatic heterocycles. The van der Waals surface area contributed by atoms with E-state index in [0.717, 1.165) is 15.0 Å². The number of carbonyl (C=O) groups is 2. The van der Waals surface area contributed by atoms with E-state index in [0.29, 0.717) is 10.2 Å². The van der Waals surface area contributed by atoms with Crippen molar-refractivity contribution in [3.05, 3.63) is 27.1 Å². The van der Waals surface area contributed by atoms with Crippen LogP contribution in [0.3, 0.4) is 0 Å². The van der Waals surface area contributed by atoms with Gasteiger partial charge in [0.05, 0.1) is 5.39 Å². The number of aryl methyl sites for hydroxylation is 2. The van der Waals surface area contributed by atoms with Gasteiger partial charge in [-0.25, -0.2) is 4.98 Å². The van der Waals surface area contributed by atoms with Gasteiger partial charge in [0, 0.05) is 4.88 Å². The van der Waals surface area contributed by atoms with Crippen molar-refractivity contribution in [2.75, 3.05) is 0 Å². The molecule has 0 aliphatic carbocycles. The molecule has 0 fully saturated rings. The van der Waals surface area contributed by atoms with Gasteiger partial charge in [0.25, 0.3) is 5.56 Å². The van der Waals surface area contributed by atoms with E-state index < -0.39 is 6.04 Å². The third kappa shape index (κ3) is 2.12. The number of Topliss-reactive ketones (excluding diaryl/α,β-unsaturated/α-hetero) is 2. The van der Waals surface area contributed by atoms with Crippen LogP contribution in [0, 0.1) is 13.8 Å². The van der Waals surface area contributed by atoms with Gasteiger partial charge in [-0.1, -0.05) is 0 Å². The molecular formula is C13H14N2O3S. The summed E-state index contributed by atoms with van der Waals surface area (Å²) in [4.78, 5) is 41.4. The van der Waals surface area contributed by atoms with E-state index in [1.54, 1.807) is 0 Å². The van der Waals surface area contributed by atoms with Crippen molar-refractivity contribution in [3.8, 4) is 0 Å². The van der Waals surface area contributed by atoms with Crippen LogP contribution >= 0.6 is 11.3 Å². The Labute approximate surface area is 113 Å². The predicted molar refractivity (Wildman–Crippen MR) is 73.8 cm³/mol. The van der Waals surface area contributed by atoms with Gasteiger partial charge >= 0.3 is 0 Å². The van der Waals surface area contributed by atoms with Gasteiger partial charge < -0.3 is 0 Å². The van der Waals surface area contributed by atoms with Gasteiger partial charge in [0.1, 0.15) is 11.2 Å². The number of carbonyl (C=O) groups excluding carboxylic acids is 2. The summed E-state index contributed by atoms with van der Waals surface area (Å²) in [5, 5.41) is 0.498. The molecule has 0 atom stereocenters. The molecule has 0 N–H and O–H groups in total. The molecule has 2 heterocycles. The minimum Gasteiger partial charge on any atom is -0.297 e. The first-order valence-corrected chi connectivity index (χ1v) is 6.64. The maximum atomic E-state index is 12.4. The Kier molecular flexibility index (Phi) is 3.36. The van der Waals surface area contributed by atoms with Crippen LogP contribution in [0.2, 0.25) is 0 Å². The Morgan fingerprint density at radius 1 is 1.26 bits per heavy atom. The van der Waals surface area contributed by atoms with E-state index in [4.69, 9.17) is 0 Å². The lowest BCUT2D eigenvalue weighted by molar-refractivity contribution is -0.129. The molecule has 0 unspecified atom stereocenters. The van der Waals surface area contributed by atoms with Gasteiger partial charge in [-0.05, 0) is 33.3 Å². The zero-order chi connectivity index (χ0) is 14.3. The first-order valence-electron chi connectivity index (χ1n) is 5.82. The average molecular weight is 278 g/mol. The minimum atomic E-state index is -1.08. The summed E-state index contributed by atoms with van der Waals surface area (Å²) < 4.78 is 1.13. The van der Waals surface area contributed by atoms with Crippen molar-refractivity contribution in [2.45, 2.75) is 33.7 Å². The lowest BCUT2D eigenvalue weighted by atomic mass is 10.1. The highest BCUT2D eigenvalue weighted by Crippen LogP contribution is 2.25. The van der Waals surface area contributed by atoms with Gasteiger partial charge in [0.2, 0.25) is 0 Å². The minimum absolute atomic E-state index is 0.331. The largest absolute Gasteiger partial charge is 0.297 e. The molecular weight excluding hydrogens is 264 g/mol. The summed E-state index contributed by atoms with van der Waals surface area (Å²) in [6, 6.07) is -1.08. The molecule has 0 aromatic carbocycles. The zero-order valence-corrected chi connectivity index (χ0v) is 12.0. The van der Waals surface area contributed by atoms with Crippen LogP contribution in [0.25, 0.3) is 10.2 Å². The van der Waals surface area contributed by atoms with E-state index in [-0.39, 0.29) is 17.1 Å². The Balaban J connectivity index is 2.79. The average Bonchev–Trinajstić information content (AvgIpc) is 2.58. The van der Waals surface area contributed by atoms with Crippen molar-refractivity contribution in [2.24, 2.45) is 0 Å². The summed E-state index contributed by atoms with van der Waals surface area (Å²) in [5.41, 5.74) is 0.528. The highest BCUT2D eigenvalue weighted by molar-refractivity contribution is 7.18. The van der Waals surface area contributed by atoms with E-state index in [1.807, 2.05) is 13.8 Å². The lowest BCUT2D eigenvalue weighted by Gasteiger charge is -2.13. The SMILES string of the molecule is CC(=O)C(C(C)=O)n1cnc2sc(C)c(C)c2c1=O. The molecule has 0 spiro atoms. The van der Waals surface area contributed by atoms with Crippen molar-refractivity contribution in [1.29, 1.82) is 0 Å². The Bertz CT molecular complexity index is 728. The topological polar surface area (TPSA) is 69.0 Å². The number of hydrogen-bond donors (Lipinski definition) is 0. The quantitative estimate of drug-likeness (QED) is 0.803. The summed E-state index contributed by atoms with van der Waals surface area (Å²) in [6.07, 6.45) is 1.29. The van der Waals surface area contributed by atoms with Crippen LogP contribution in [0.4, 0.5) is 0 Å². The molecule has 0 aliphatic rings. The molecule has 2 aromatic heterocycles. The van der Waals surface area contributed by atoms with Gasteiger partial charge in [-0.15, -0.1) is 11.3 Å². The summed E-state index contributed by atoms with van der Waals surface area (Å²) in [6.45, 7) is 6.36. The molecule has 19 heavy (non-hydrogen) atoms. The molecule has 2 aromatic rings. The third-order valence-electron chi connectivity index (χ3n) is 3.16. The first kappa shape index (κ1) is 13.6. The predicted octanol–water partition coefficient (Wildman–Crippen LogP) is 1.79. The van der Waals surface area contributed by atoms with Crippen LogP contribution in [0.1, 0.15) is 30.3 Å². The van der Waals surface area contributed by atoms with Crippen LogP contribution in [-0.2, 0) is 9.59 Å². The van der Waals surface area contributed by atoms with Gasteiger partial charge in [-0.3, -0.25) is 19.0 Å². The normalized spacial score (nSPS) is 11.2. The van der Waals surface area contributed by atoms with Crippen molar-refractivity contribution < 1.29 is 9.59 Å². The second-order valence-corrected chi connectivity index (χ2v) is 5.75. The van der Waals surface area contributed by atoms with Gasteiger partial charge in [-0.2, -0.15) is 0 Å². The molecule has 5 nitrogen and oxygen atoms in total. The second-order valence-electron chi connectivity index (χ2n) is 4.54. The van der Waals surface area contributed by atoms with Crippen molar-refractivity contribution in [1.82, 2.24) is 9.55 Å². The highest BCUT2D eigenvalue weighted by Gasteiger charge is 2.24. The summed E-state index contributed by atoms with van der Waals surface area (Å²) in [5.74, 6) is -0.722. The fourth-order valence-corrected chi connectivity index (χ4v) is 3.10. The van der Waals surface area contributed by atoms with E-state index in [1.165, 1.54) is 31.5 Å². The maximum absolute atomic E-state index is 12.4. The molecule has 0 bridgehead atoms. The Morgan fingerprint density at radius 3 is 2.37 bits per heavy atom. The summed E-state index contributed by atoms with van der Waals surface area (Å²) in [7, 11) is 0.